The number of likely N-dealkylation sites (tertiary alicyclic amines) is 2. The maximum Gasteiger partial charge on any atom is 0.407 e. The minimum absolute atomic E-state index is 0.0959. The summed E-state index contributed by atoms with van der Waals surface area (Å²) in [6.07, 6.45) is 3.55. The molecule has 0 aromatic heterocycles. The van der Waals surface area contributed by atoms with Gasteiger partial charge in [-0.25, -0.2) is 4.79 Å². The minimum atomic E-state index is -0.608. The van der Waals surface area contributed by atoms with Gasteiger partial charge in [0.1, 0.15) is 13.2 Å². The van der Waals surface area contributed by atoms with E-state index >= 15 is 0 Å². The van der Waals surface area contributed by atoms with Crippen molar-refractivity contribution in [3.8, 4) is 0 Å². The van der Waals surface area contributed by atoms with Gasteiger partial charge in [0, 0.05) is 26.6 Å². The van der Waals surface area contributed by atoms with Gasteiger partial charge in [-0.1, -0.05) is 30.3 Å². The van der Waals surface area contributed by atoms with Crippen molar-refractivity contribution in [2.75, 3.05) is 26.7 Å². The zero-order valence-corrected chi connectivity index (χ0v) is 15.8. The Morgan fingerprint density at radius 1 is 1.19 bits per heavy atom. The quantitative estimate of drug-likeness (QED) is 0.875. The molecule has 2 aliphatic heterocycles. The number of carbonyl (C=O) groups excluding carboxylic acids is 3. The first-order valence-corrected chi connectivity index (χ1v) is 9.49. The van der Waals surface area contributed by atoms with E-state index in [0.29, 0.717) is 19.5 Å². The van der Waals surface area contributed by atoms with Gasteiger partial charge < -0.3 is 19.9 Å². The van der Waals surface area contributed by atoms with Crippen LogP contribution in [0.3, 0.4) is 0 Å². The lowest BCUT2D eigenvalue weighted by Gasteiger charge is -2.50. The number of likely N-dealkylation sites (N-methyl/N-ethyl adjacent to an activating group) is 1. The Labute approximate surface area is 159 Å². The van der Waals surface area contributed by atoms with Crippen molar-refractivity contribution in [1.82, 2.24) is 15.1 Å². The van der Waals surface area contributed by atoms with Crippen LogP contribution in [0, 0.1) is 0 Å². The number of nitrogens with zero attached hydrogens (tertiary/aromatic N) is 2. The Kier molecular flexibility index (Phi) is 5.98. The van der Waals surface area contributed by atoms with Crippen molar-refractivity contribution in [3.05, 3.63) is 35.9 Å². The third-order valence-corrected chi connectivity index (χ3v) is 5.62. The van der Waals surface area contributed by atoms with Crippen LogP contribution in [0.15, 0.2) is 30.3 Å². The molecule has 3 amide bonds. The van der Waals surface area contributed by atoms with Gasteiger partial charge in [0.25, 0.3) is 0 Å². The molecule has 1 N–H and O–H groups in total. The summed E-state index contributed by atoms with van der Waals surface area (Å²) in [5.41, 5.74) is 0.638. The number of carbonyl (C=O) groups is 3. The normalized spacial score (nSPS) is 22.6. The smallest absolute Gasteiger partial charge is 0.407 e. The first kappa shape index (κ1) is 19.2. The zero-order valence-electron chi connectivity index (χ0n) is 15.8. The molecule has 27 heavy (non-hydrogen) atoms. The predicted molar refractivity (Wildman–Crippen MR) is 99.8 cm³/mol. The third-order valence-electron chi connectivity index (χ3n) is 5.62. The van der Waals surface area contributed by atoms with Crippen molar-refractivity contribution < 1.29 is 19.1 Å². The second-order valence-corrected chi connectivity index (χ2v) is 7.36. The molecule has 7 heteroatoms. The summed E-state index contributed by atoms with van der Waals surface area (Å²) in [6, 6.07) is 9.38. The lowest BCUT2D eigenvalue weighted by atomic mass is 9.80. The molecule has 7 nitrogen and oxygen atoms in total. The molecule has 1 aromatic rings. The SMILES string of the molecule is CN1C(=O)CCCC12CCCN(C(=O)CNC(=O)OCc1ccccc1)C2. The molecule has 2 saturated heterocycles. The first-order valence-electron chi connectivity index (χ1n) is 9.49. The molecule has 0 aliphatic carbocycles. The van der Waals surface area contributed by atoms with Gasteiger partial charge in [-0.05, 0) is 31.2 Å². The van der Waals surface area contributed by atoms with Gasteiger partial charge in [0.05, 0.1) is 5.54 Å². The molecule has 2 aliphatic rings. The maximum atomic E-state index is 12.5. The molecule has 3 rings (SSSR count). The molecule has 1 spiro atoms. The summed E-state index contributed by atoms with van der Waals surface area (Å²) in [5, 5.41) is 2.53. The Hall–Kier alpha value is -2.57. The Morgan fingerprint density at radius 2 is 1.93 bits per heavy atom. The summed E-state index contributed by atoms with van der Waals surface area (Å²) in [5.74, 6) is 0.00956. The number of hydrogen-bond acceptors (Lipinski definition) is 4. The van der Waals surface area contributed by atoms with Crippen molar-refractivity contribution in [2.45, 2.75) is 44.2 Å². The van der Waals surface area contributed by atoms with E-state index in [1.807, 2.05) is 42.3 Å². The average molecular weight is 373 g/mol. The van der Waals surface area contributed by atoms with E-state index in [-0.39, 0.29) is 30.5 Å². The van der Waals surface area contributed by atoms with Gasteiger partial charge in [0.2, 0.25) is 11.8 Å². The van der Waals surface area contributed by atoms with E-state index in [2.05, 4.69) is 5.32 Å². The van der Waals surface area contributed by atoms with E-state index in [1.54, 1.807) is 4.90 Å². The summed E-state index contributed by atoms with van der Waals surface area (Å²) in [7, 11) is 1.84. The Morgan fingerprint density at radius 3 is 2.70 bits per heavy atom. The number of benzene rings is 1. The second-order valence-electron chi connectivity index (χ2n) is 7.36. The van der Waals surface area contributed by atoms with Crippen LogP contribution in [0.4, 0.5) is 4.79 Å². The van der Waals surface area contributed by atoms with Crippen LogP contribution < -0.4 is 5.32 Å². The highest BCUT2D eigenvalue weighted by atomic mass is 16.5. The number of ether oxygens (including phenoxy) is 1. The summed E-state index contributed by atoms with van der Waals surface area (Å²) >= 11 is 0. The highest BCUT2D eigenvalue weighted by Gasteiger charge is 2.44. The molecular formula is C20H27N3O4. The van der Waals surface area contributed by atoms with E-state index in [9.17, 15) is 14.4 Å². The molecule has 2 heterocycles. The number of piperidine rings is 2. The van der Waals surface area contributed by atoms with Crippen molar-refractivity contribution >= 4 is 17.9 Å². The van der Waals surface area contributed by atoms with E-state index in [4.69, 9.17) is 4.74 Å². The van der Waals surface area contributed by atoms with E-state index in [1.165, 1.54) is 0 Å². The van der Waals surface area contributed by atoms with Gasteiger partial charge in [-0.2, -0.15) is 0 Å². The van der Waals surface area contributed by atoms with Gasteiger partial charge in [-0.15, -0.1) is 0 Å². The molecule has 0 saturated carbocycles. The van der Waals surface area contributed by atoms with Crippen molar-refractivity contribution in [3.63, 3.8) is 0 Å². The number of rotatable bonds is 4. The van der Waals surface area contributed by atoms with Gasteiger partial charge in [-0.3, -0.25) is 9.59 Å². The monoisotopic (exact) mass is 373 g/mol. The number of alkyl carbamates (subject to hydrolysis) is 1. The first-order chi connectivity index (χ1) is 13.0. The molecule has 1 atom stereocenters. The largest absolute Gasteiger partial charge is 0.445 e. The van der Waals surface area contributed by atoms with Crippen LogP contribution in [-0.2, 0) is 20.9 Å². The fraction of sp³-hybridized carbons (Fsp3) is 0.550. The zero-order chi connectivity index (χ0) is 19.3. The molecule has 1 unspecified atom stereocenters. The Balaban J connectivity index is 1.47. The molecule has 1 aromatic carbocycles. The topological polar surface area (TPSA) is 79.0 Å². The third kappa shape index (κ3) is 4.59. The predicted octanol–water partition coefficient (Wildman–Crippen LogP) is 1.92. The molecule has 0 bridgehead atoms. The van der Waals surface area contributed by atoms with Crippen molar-refractivity contribution in [2.24, 2.45) is 0 Å². The molecule has 2 fully saturated rings. The molecular weight excluding hydrogens is 346 g/mol. The highest BCUT2D eigenvalue weighted by molar-refractivity contribution is 5.83. The standard InChI is InChI=1S/C20H27N3O4/c1-22-17(24)9-5-10-20(22)11-6-12-23(15-20)18(25)13-21-19(26)27-14-16-7-3-2-4-8-16/h2-4,7-8H,5-6,9-15H2,1H3,(H,21,26). The maximum absolute atomic E-state index is 12.5. The minimum Gasteiger partial charge on any atom is -0.445 e. The Bertz CT molecular complexity index is 690. The average Bonchev–Trinajstić information content (AvgIpc) is 2.69. The van der Waals surface area contributed by atoms with Gasteiger partial charge in [0.15, 0.2) is 0 Å². The summed E-state index contributed by atoms with van der Waals surface area (Å²) in [6.45, 7) is 1.26. The van der Waals surface area contributed by atoms with Crippen LogP contribution in [0.5, 0.6) is 0 Å². The summed E-state index contributed by atoms with van der Waals surface area (Å²) in [4.78, 5) is 40.1. The lowest BCUT2D eigenvalue weighted by Crippen LogP contribution is -2.62. The van der Waals surface area contributed by atoms with E-state index < -0.39 is 6.09 Å². The van der Waals surface area contributed by atoms with Gasteiger partial charge >= 0.3 is 6.09 Å². The second kappa shape index (κ2) is 8.41. The van der Waals surface area contributed by atoms with Crippen LogP contribution in [-0.4, -0.2) is 59.9 Å². The number of hydrogen-bond donors (Lipinski definition) is 1. The number of amides is 3. The number of nitrogens with one attached hydrogen (secondary N) is 1. The van der Waals surface area contributed by atoms with Crippen LogP contribution >= 0.6 is 0 Å². The molecule has 0 radical (unpaired) electrons. The van der Waals surface area contributed by atoms with E-state index in [0.717, 1.165) is 31.2 Å². The lowest BCUT2D eigenvalue weighted by molar-refractivity contribution is -0.147. The molecule has 146 valence electrons. The fourth-order valence-corrected chi connectivity index (χ4v) is 4.01. The fourth-order valence-electron chi connectivity index (χ4n) is 4.01. The van der Waals surface area contributed by atoms with Crippen LogP contribution in [0.1, 0.15) is 37.7 Å². The highest BCUT2D eigenvalue weighted by Crippen LogP contribution is 2.35. The van der Waals surface area contributed by atoms with Crippen LogP contribution in [0.25, 0.3) is 0 Å². The summed E-state index contributed by atoms with van der Waals surface area (Å²) < 4.78 is 5.13. The van der Waals surface area contributed by atoms with Crippen LogP contribution in [0.2, 0.25) is 0 Å². The van der Waals surface area contributed by atoms with Crippen molar-refractivity contribution in [1.29, 1.82) is 0 Å².